The molecular formula is C30H32F3IN2O8. The molecule has 14 heteroatoms. The summed E-state index contributed by atoms with van der Waals surface area (Å²) in [4.78, 5) is 60.5. The Bertz CT molecular complexity index is 1480. The number of fused-ring (bicyclic) bond motifs is 1. The van der Waals surface area contributed by atoms with E-state index in [-0.39, 0.29) is 35.7 Å². The Morgan fingerprint density at radius 3 is 1.61 bits per heavy atom. The molecule has 1 aliphatic heterocycles. The van der Waals surface area contributed by atoms with Crippen LogP contribution < -0.4 is 10.1 Å². The van der Waals surface area contributed by atoms with E-state index in [0.29, 0.717) is 21.9 Å². The third-order valence-electron chi connectivity index (χ3n) is 5.37. The van der Waals surface area contributed by atoms with E-state index in [4.69, 9.17) is 3.07 Å². The average molecular weight is 732 g/mol. The van der Waals surface area contributed by atoms with Crippen molar-refractivity contribution in [1.82, 2.24) is 0 Å². The maximum atomic E-state index is 12.1. The van der Waals surface area contributed by atoms with Gasteiger partial charge in [0.05, 0.1) is 11.4 Å². The van der Waals surface area contributed by atoms with Crippen LogP contribution in [0.2, 0.25) is 0 Å². The number of carbonyl (C=O) groups excluding carboxylic acids is 5. The summed E-state index contributed by atoms with van der Waals surface area (Å²) in [5, 5.41) is 9.87. The Morgan fingerprint density at radius 2 is 1.23 bits per heavy atom. The second kappa shape index (κ2) is 16.6. The van der Waals surface area contributed by atoms with E-state index >= 15 is 0 Å². The number of hydrogen-bond donors (Lipinski definition) is 1. The van der Waals surface area contributed by atoms with Crippen molar-refractivity contribution in [2.45, 2.75) is 41.5 Å². The van der Waals surface area contributed by atoms with Crippen LogP contribution in [0.3, 0.4) is 0 Å². The number of nitrogens with zero attached hydrogens (tertiary/aromatic N) is 2. The van der Waals surface area contributed by atoms with Crippen molar-refractivity contribution in [3.05, 3.63) is 93.1 Å². The minimum absolute atomic E-state index is 0. The van der Waals surface area contributed by atoms with Crippen LogP contribution in [0.25, 0.3) is 0 Å². The fourth-order valence-corrected chi connectivity index (χ4v) is 6.31. The molecular weight excluding hydrogens is 700 g/mol. The zero-order chi connectivity index (χ0) is 32.5. The molecule has 1 N–H and O–H groups in total. The minimum atomic E-state index is -4.97. The molecule has 0 atom stereocenters. The molecule has 0 aromatic heterocycles. The van der Waals surface area contributed by atoms with Crippen LogP contribution in [0.4, 0.5) is 24.5 Å². The number of ketones is 2. The van der Waals surface area contributed by atoms with Gasteiger partial charge in [-0.05, 0) is 62.4 Å². The number of hydrogen-bond acceptors (Lipinski definition) is 8. The first-order chi connectivity index (χ1) is 20.0. The number of Topliss-reactive ketones (excluding diaryl/α,β-unsaturated/α-hetero) is 2. The topological polar surface area (TPSA) is 131 Å². The molecule has 0 fully saturated rings. The first-order valence-electron chi connectivity index (χ1n) is 12.2. The van der Waals surface area contributed by atoms with Gasteiger partial charge >= 0.3 is 78.8 Å². The van der Waals surface area contributed by atoms with E-state index in [1.165, 1.54) is 57.2 Å². The normalized spacial score (nSPS) is 12.1. The van der Waals surface area contributed by atoms with Gasteiger partial charge in [0.25, 0.3) is 0 Å². The molecule has 0 unspecified atom stereocenters. The van der Waals surface area contributed by atoms with Gasteiger partial charge in [-0.1, -0.05) is 7.43 Å². The molecule has 0 radical (unpaired) electrons. The Morgan fingerprint density at radius 1 is 0.773 bits per heavy atom. The van der Waals surface area contributed by atoms with Gasteiger partial charge in [0, 0.05) is 25.0 Å². The summed E-state index contributed by atoms with van der Waals surface area (Å²) in [6, 6.07) is 18.8. The number of anilines is 2. The van der Waals surface area contributed by atoms with Gasteiger partial charge in [-0.15, -0.1) is 13.2 Å². The quantitative estimate of drug-likeness (QED) is 0.0973. The molecule has 2 amide bonds. The molecule has 0 saturated heterocycles. The number of hydroxylamine groups is 2. The summed E-state index contributed by atoms with van der Waals surface area (Å²) < 4.78 is 42.6. The molecule has 0 aliphatic carbocycles. The van der Waals surface area contributed by atoms with Crippen molar-refractivity contribution in [2.75, 3.05) is 15.1 Å². The summed E-state index contributed by atoms with van der Waals surface area (Å²) in [7, 11) is 0. The third-order valence-corrected chi connectivity index (χ3v) is 9.01. The molecule has 10 nitrogen and oxygen atoms in total. The number of carbonyl (C=O) groups is 5. The van der Waals surface area contributed by atoms with Crippen molar-refractivity contribution in [3.63, 3.8) is 0 Å². The van der Waals surface area contributed by atoms with Crippen LogP contribution in [-0.2, 0) is 17.5 Å². The van der Waals surface area contributed by atoms with Crippen LogP contribution in [-0.4, -0.2) is 45.9 Å². The molecule has 1 heterocycles. The van der Waals surface area contributed by atoms with Crippen molar-refractivity contribution in [1.29, 1.82) is 0 Å². The Kier molecular flexibility index (Phi) is 14.3. The molecule has 238 valence electrons. The first kappa shape index (κ1) is 37.9. The summed E-state index contributed by atoms with van der Waals surface area (Å²) in [6.45, 7) is 4.96. The van der Waals surface area contributed by atoms with E-state index in [1.807, 2.05) is 29.2 Å². The second-order valence-corrected chi connectivity index (χ2v) is 12.7. The van der Waals surface area contributed by atoms with Gasteiger partial charge in [0.15, 0.2) is 11.6 Å². The van der Waals surface area contributed by atoms with Crippen LogP contribution in [0.1, 0.15) is 66.2 Å². The van der Waals surface area contributed by atoms with Crippen LogP contribution >= 0.6 is 20.2 Å². The zero-order valence-corrected chi connectivity index (χ0v) is 25.8. The number of rotatable bonds is 5. The molecule has 0 bridgehead atoms. The standard InChI is InChI=1S/C11H10F3NO3.C10H11NO3.C8H7IO2.CH4/c1-7(16)9-3-5-10(6-4-9)15(8(2)17)18-11(12,13)14;1-7(12)9-3-5-10(6-4-9)11(14)8(2)13;1-9-7-5-3-2-4-6(7)8(10)11-9;/h3-6H,1-2H3;3-6,14H,1-2H3;2-5H,1H3;1H4. The zero-order valence-electron chi connectivity index (χ0n) is 23.6. The summed E-state index contributed by atoms with van der Waals surface area (Å²) in [5.41, 5.74) is 1.90. The van der Waals surface area contributed by atoms with Gasteiger partial charge < -0.3 is 0 Å². The van der Waals surface area contributed by atoms with Crippen LogP contribution in [0.15, 0.2) is 72.8 Å². The molecule has 3 aromatic rings. The average Bonchev–Trinajstić information content (AvgIpc) is 3.24. The molecule has 0 spiro atoms. The summed E-state index contributed by atoms with van der Waals surface area (Å²) in [6.07, 6.45) is -4.97. The maximum absolute atomic E-state index is 12.1. The molecule has 3 aromatic carbocycles. The Labute approximate surface area is 260 Å². The van der Waals surface area contributed by atoms with E-state index in [9.17, 15) is 42.4 Å². The van der Waals surface area contributed by atoms with Gasteiger partial charge in [-0.25, -0.2) is 0 Å². The van der Waals surface area contributed by atoms with Gasteiger partial charge in [0.2, 0.25) is 11.8 Å². The monoisotopic (exact) mass is 732 g/mol. The SMILES string of the molecule is C.CC(=O)c1ccc(N(O)C(C)=O)cc1.CC(=O)c1ccc(N(OC(F)(F)F)C(C)=O)cc1.CI1OC(=O)c2ccccc21. The fraction of sp³-hybridized carbons (Fsp3) is 0.233. The van der Waals surface area contributed by atoms with Gasteiger partial charge in [-0.2, -0.15) is 15.0 Å². The molecule has 1 aliphatic rings. The van der Waals surface area contributed by atoms with E-state index in [2.05, 4.69) is 4.84 Å². The fourth-order valence-electron chi connectivity index (χ4n) is 3.30. The Hall–Kier alpha value is -4.15. The van der Waals surface area contributed by atoms with Crippen molar-refractivity contribution in [3.8, 4) is 0 Å². The van der Waals surface area contributed by atoms with Gasteiger partial charge in [0.1, 0.15) is 0 Å². The second-order valence-electron chi connectivity index (χ2n) is 8.65. The van der Waals surface area contributed by atoms with Crippen LogP contribution in [0, 0.1) is 3.57 Å². The van der Waals surface area contributed by atoms with Crippen molar-refractivity contribution in [2.24, 2.45) is 0 Å². The summed E-state index contributed by atoms with van der Waals surface area (Å²) >= 11 is -1.52. The third kappa shape index (κ3) is 11.2. The van der Waals surface area contributed by atoms with Crippen molar-refractivity contribution < 1.29 is 50.3 Å². The number of amides is 2. The van der Waals surface area contributed by atoms with Gasteiger partial charge in [-0.3, -0.25) is 24.4 Å². The van der Waals surface area contributed by atoms with Crippen LogP contribution in [0.5, 0.6) is 0 Å². The number of halogens is 4. The molecule has 44 heavy (non-hydrogen) atoms. The van der Waals surface area contributed by atoms with E-state index in [1.54, 1.807) is 12.1 Å². The number of alkyl halides is 4. The predicted molar refractivity (Wildman–Crippen MR) is 165 cm³/mol. The summed E-state index contributed by atoms with van der Waals surface area (Å²) in [5.74, 6) is -1.81. The molecule has 4 rings (SSSR count). The molecule has 0 saturated carbocycles. The van der Waals surface area contributed by atoms with E-state index < -0.39 is 38.4 Å². The van der Waals surface area contributed by atoms with E-state index in [0.717, 1.165) is 16.1 Å². The first-order valence-corrected chi connectivity index (χ1v) is 16.3. The number of benzene rings is 3. The Balaban J connectivity index is 0.000000335. The van der Waals surface area contributed by atoms with Crippen molar-refractivity contribution >= 4 is 61.0 Å². The predicted octanol–water partition coefficient (Wildman–Crippen LogP) is 7.04.